The molecule has 0 bridgehead atoms. The molecule has 5 heteroatoms. The number of hydrogen-bond donors (Lipinski definition) is 0. The summed E-state index contributed by atoms with van der Waals surface area (Å²) in [4.78, 5) is 4.93. The molecule has 4 nitrogen and oxygen atoms in total. The number of rotatable bonds is 7. The average molecular weight is 411 g/mol. The molecule has 1 rings (SSSR count). The Kier molecular flexibility index (Phi) is 12.5. The van der Waals surface area contributed by atoms with Gasteiger partial charge in [-0.1, -0.05) is 26.2 Å². The maximum absolute atomic E-state index is 5.50. The first-order chi connectivity index (χ1) is 9.74. The van der Waals surface area contributed by atoms with Crippen molar-refractivity contribution in [3.8, 4) is 0 Å². The number of halogens is 1. The first-order valence-electron chi connectivity index (χ1n) is 8.40. The van der Waals surface area contributed by atoms with Gasteiger partial charge in [-0.3, -0.25) is 14.4 Å². The van der Waals surface area contributed by atoms with Gasteiger partial charge in [-0.25, -0.2) is 0 Å². The van der Waals surface area contributed by atoms with E-state index in [1.807, 2.05) is 0 Å². The van der Waals surface area contributed by atoms with Gasteiger partial charge in [0.05, 0.1) is 53.0 Å². The van der Waals surface area contributed by atoms with E-state index in [0.717, 1.165) is 45.9 Å². The number of nitrogens with zero attached hydrogens (tertiary/aromatic N) is 3. The molecule has 1 aliphatic rings. The average Bonchev–Trinajstić information content (AvgIpc) is 2.49. The Bertz CT molecular complexity index is 285. The molecule has 126 valence electrons. The highest BCUT2D eigenvalue weighted by Gasteiger charge is 2.25. The Labute approximate surface area is 148 Å². The quantitative estimate of drug-likeness (QED) is 0.238. The topological polar surface area (TPSA) is 18.7 Å². The zero-order valence-corrected chi connectivity index (χ0v) is 16.6. The molecule has 21 heavy (non-hydrogen) atoms. The minimum absolute atomic E-state index is 0. The minimum atomic E-state index is 0. The number of ether oxygens (including phenoxy) is 1. The van der Waals surface area contributed by atoms with Gasteiger partial charge in [0.25, 0.3) is 0 Å². The minimum Gasteiger partial charge on any atom is -1.00 e. The second-order valence-electron chi connectivity index (χ2n) is 5.55. The summed E-state index contributed by atoms with van der Waals surface area (Å²) in [5.41, 5.74) is 0. The van der Waals surface area contributed by atoms with Gasteiger partial charge in [0, 0.05) is 0 Å². The van der Waals surface area contributed by atoms with Crippen molar-refractivity contribution in [2.24, 2.45) is 0 Å². The number of morpholine rings is 1. The molecular weight excluding hydrogens is 377 g/mol. The Morgan fingerprint density at radius 3 is 2.14 bits per heavy atom. The predicted molar refractivity (Wildman–Crippen MR) is 85.5 cm³/mol. The summed E-state index contributed by atoms with van der Waals surface area (Å²) in [5, 5.41) is 0. The standard InChI is InChI=1S/C16H34N3O.HI/c1-5-8-9-10-11-17(4)16(18(6-2)7-3)19-12-14-20-15-13-19;/h5-15H2,1-4H3;1H/q+1;/p-1. The van der Waals surface area contributed by atoms with Crippen LogP contribution < -0.4 is 24.0 Å². The Balaban J connectivity index is 0.00000400. The van der Waals surface area contributed by atoms with Crippen LogP contribution in [0.15, 0.2) is 0 Å². The lowest BCUT2D eigenvalue weighted by Crippen LogP contribution is -3.00. The van der Waals surface area contributed by atoms with Gasteiger partial charge in [-0.15, -0.1) is 0 Å². The Morgan fingerprint density at radius 2 is 1.62 bits per heavy atom. The van der Waals surface area contributed by atoms with Gasteiger partial charge >= 0.3 is 5.96 Å². The van der Waals surface area contributed by atoms with Gasteiger partial charge < -0.3 is 28.7 Å². The number of guanidine groups is 1. The lowest BCUT2D eigenvalue weighted by Gasteiger charge is -2.29. The van der Waals surface area contributed by atoms with Gasteiger partial charge in [-0.05, 0) is 20.3 Å². The van der Waals surface area contributed by atoms with Crippen LogP contribution >= 0.6 is 0 Å². The fourth-order valence-electron chi connectivity index (χ4n) is 2.83. The van der Waals surface area contributed by atoms with Crippen LogP contribution in [0.4, 0.5) is 0 Å². The summed E-state index contributed by atoms with van der Waals surface area (Å²) >= 11 is 0. The van der Waals surface area contributed by atoms with Crippen molar-refractivity contribution in [3.63, 3.8) is 0 Å². The van der Waals surface area contributed by atoms with Crippen LogP contribution in [0.25, 0.3) is 0 Å². The zero-order valence-electron chi connectivity index (χ0n) is 14.4. The largest absolute Gasteiger partial charge is 1.00 e. The third kappa shape index (κ3) is 7.17. The van der Waals surface area contributed by atoms with Crippen molar-refractivity contribution in [3.05, 3.63) is 0 Å². The van der Waals surface area contributed by atoms with Crippen molar-refractivity contribution in [1.29, 1.82) is 0 Å². The summed E-state index contributed by atoms with van der Waals surface area (Å²) in [6.07, 6.45) is 5.29. The summed E-state index contributed by atoms with van der Waals surface area (Å²) in [6.45, 7) is 13.8. The molecule has 0 saturated carbocycles. The van der Waals surface area contributed by atoms with Crippen LogP contribution in [0.3, 0.4) is 0 Å². The lowest BCUT2D eigenvalue weighted by atomic mass is 10.2. The third-order valence-electron chi connectivity index (χ3n) is 4.03. The SMILES string of the molecule is CCCCCCN(C)C(N(CC)CC)=[N+]1CCOCC1.[I-]. The van der Waals surface area contributed by atoms with E-state index in [9.17, 15) is 0 Å². The van der Waals surface area contributed by atoms with Crippen LogP contribution in [-0.2, 0) is 4.74 Å². The molecule has 0 amide bonds. The van der Waals surface area contributed by atoms with Crippen molar-refractivity contribution in [2.75, 3.05) is 53.0 Å². The second-order valence-corrected chi connectivity index (χ2v) is 5.55. The van der Waals surface area contributed by atoms with E-state index in [1.165, 1.54) is 31.6 Å². The fourth-order valence-corrected chi connectivity index (χ4v) is 2.83. The molecule has 0 unspecified atom stereocenters. The van der Waals surface area contributed by atoms with Crippen molar-refractivity contribution in [1.82, 2.24) is 9.80 Å². The maximum Gasteiger partial charge on any atom is 0.350 e. The summed E-state index contributed by atoms with van der Waals surface area (Å²) in [6, 6.07) is 0. The first kappa shape index (κ1) is 21.0. The predicted octanol–water partition coefficient (Wildman–Crippen LogP) is -0.757. The lowest BCUT2D eigenvalue weighted by molar-refractivity contribution is -0.558. The highest BCUT2D eigenvalue weighted by molar-refractivity contribution is 5.75. The van der Waals surface area contributed by atoms with Crippen LogP contribution in [0, 0.1) is 0 Å². The Hall–Kier alpha value is -0.0400. The van der Waals surface area contributed by atoms with Crippen molar-refractivity contribution >= 4 is 5.96 Å². The molecular formula is C16H34IN3O. The van der Waals surface area contributed by atoms with Crippen LogP contribution in [0.1, 0.15) is 46.5 Å². The molecule has 0 radical (unpaired) electrons. The molecule has 1 aliphatic heterocycles. The van der Waals surface area contributed by atoms with Crippen LogP contribution in [0.5, 0.6) is 0 Å². The van der Waals surface area contributed by atoms with Gasteiger partial charge in [0.15, 0.2) is 0 Å². The van der Waals surface area contributed by atoms with Gasteiger partial charge in [-0.2, -0.15) is 0 Å². The summed E-state index contributed by atoms with van der Waals surface area (Å²) in [7, 11) is 2.25. The Morgan fingerprint density at radius 1 is 1.00 bits per heavy atom. The molecule has 0 aromatic rings. The van der Waals surface area contributed by atoms with Crippen molar-refractivity contribution in [2.45, 2.75) is 46.5 Å². The van der Waals surface area contributed by atoms with E-state index in [4.69, 9.17) is 4.74 Å². The highest BCUT2D eigenvalue weighted by Crippen LogP contribution is 2.05. The van der Waals surface area contributed by atoms with E-state index < -0.39 is 0 Å². The molecule has 0 spiro atoms. The van der Waals surface area contributed by atoms with Gasteiger partial charge in [0.1, 0.15) is 0 Å². The van der Waals surface area contributed by atoms with E-state index in [0.29, 0.717) is 0 Å². The number of unbranched alkanes of at least 4 members (excludes halogenated alkanes) is 3. The van der Waals surface area contributed by atoms with Gasteiger partial charge in [0.2, 0.25) is 0 Å². The number of hydrogen-bond acceptors (Lipinski definition) is 1. The molecule has 1 saturated heterocycles. The van der Waals surface area contributed by atoms with Crippen molar-refractivity contribution < 1.29 is 33.3 Å². The smallest absolute Gasteiger partial charge is 0.350 e. The molecule has 0 aromatic carbocycles. The van der Waals surface area contributed by atoms with E-state index in [-0.39, 0.29) is 24.0 Å². The third-order valence-corrected chi connectivity index (χ3v) is 4.03. The zero-order chi connectivity index (χ0) is 14.8. The van der Waals surface area contributed by atoms with E-state index in [2.05, 4.69) is 42.2 Å². The van der Waals surface area contributed by atoms with E-state index >= 15 is 0 Å². The molecule has 0 atom stereocenters. The molecule has 0 aromatic heterocycles. The van der Waals surface area contributed by atoms with E-state index in [1.54, 1.807) is 0 Å². The summed E-state index contributed by atoms with van der Waals surface area (Å²) in [5.74, 6) is 1.40. The second kappa shape index (κ2) is 12.5. The normalized spacial score (nSPS) is 14.6. The summed E-state index contributed by atoms with van der Waals surface area (Å²) < 4.78 is 7.99. The highest BCUT2D eigenvalue weighted by atomic mass is 127. The fraction of sp³-hybridized carbons (Fsp3) is 0.938. The van der Waals surface area contributed by atoms with Crippen LogP contribution in [-0.4, -0.2) is 73.3 Å². The molecule has 1 fully saturated rings. The monoisotopic (exact) mass is 411 g/mol. The molecule has 1 heterocycles. The molecule has 0 N–H and O–H groups in total. The van der Waals surface area contributed by atoms with Crippen LogP contribution in [0.2, 0.25) is 0 Å². The maximum atomic E-state index is 5.50. The first-order valence-corrected chi connectivity index (χ1v) is 8.40. The molecule has 0 aliphatic carbocycles.